The van der Waals surface area contributed by atoms with Gasteiger partial charge in [0.05, 0.1) is 0 Å². The molecular weight excluding hydrogens is 212 g/mol. The molecule has 1 saturated heterocycles. The van der Waals surface area contributed by atoms with Gasteiger partial charge in [-0.15, -0.1) is 0 Å². The van der Waals surface area contributed by atoms with Gasteiger partial charge in [0, 0.05) is 32.6 Å². The summed E-state index contributed by atoms with van der Waals surface area (Å²) in [7, 11) is 2.13. The highest BCUT2D eigenvalue weighted by molar-refractivity contribution is 5.76. The van der Waals surface area contributed by atoms with E-state index < -0.39 is 0 Å². The second-order valence-electron chi connectivity index (χ2n) is 5.73. The molecule has 3 heteroatoms. The fraction of sp³-hybridized carbons (Fsp3) is 0.929. The van der Waals surface area contributed by atoms with E-state index in [0.29, 0.717) is 5.91 Å². The molecule has 1 aliphatic carbocycles. The molecule has 98 valence electrons. The highest BCUT2D eigenvalue weighted by atomic mass is 16.2. The van der Waals surface area contributed by atoms with Crippen molar-refractivity contribution in [2.75, 3.05) is 33.2 Å². The van der Waals surface area contributed by atoms with E-state index in [1.165, 1.54) is 32.1 Å². The van der Waals surface area contributed by atoms with Crippen LogP contribution in [0.25, 0.3) is 0 Å². The van der Waals surface area contributed by atoms with Crippen molar-refractivity contribution >= 4 is 5.91 Å². The first-order valence-corrected chi connectivity index (χ1v) is 7.22. The quantitative estimate of drug-likeness (QED) is 0.752. The van der Waals surface area contributed by atoms with E-state index >= 15 is 0 Å². The van der Waals surface area contributed by atoms with Gasteiger partial charge >= 0.3 is 0 Å². The van der Waals surface area contributed by atoms with E-state index in [2.05, 4.69) is 16.8 Å². The molecule has 2 rings (SSSR count). The van der Waals surface area contributed by atoms with Gasteiger partial charge in [0.2, 0.25) is 5.91 Å². The van der Waals surface area contributed by atoms with Gasteiger partial charge < -0.3 is 9.80 Å². The van der Waals surface area contributed by atoms with Crippen molar-refractivity contribution in [2.24, 2.45) is 5.92 Å². The highest BCUT2D eigenvalue weighted by Crippen LogP contribution is 2.27. The Labute approximate surface area is 105 Å². The summed E-state index contributed by atoms with van der Waals surface area (Å²) in [6, 6.07) is 0. The van der Waals surface area contributed by atoms with E-state index in [0.717, 1.165) is 44.9 Å². The standard InChI is InChI=1S/C14H26N2O/c1-15-9-11-16(12-10-15)14(17)8-7-13-5-3-2-4-6-13/h13H,2-12H2,1H3. The lowest BCUT2D eigenvalue weighted by Crippen LogP contribution is -2.47. The van der Waals surface area contributed by atoms with Crippen molar-refractivity contribution in [3.8, 4) is 0 Å². The SMILES string of the molecule is CN1CCN(C(=O)CCC2CCCCC2)CC1. The Bertz CT molecular complexity index is 241. The zero-order valence-electron chi connectivity index (χ0n) is 11.2. The summed E-state index contributed by atoms with van der Waals surface area (Å²) >= 11 is 0. The monoisotopic (exact) mass is 238 g/mol. The molecule has 0 N–H and O–H groups in total. The molecule has 1 heterocycles. The van der Waals surface area contributed by atoms with Crippen molar-refractivity contribution in [1.29, 1.82) is 0 Å². The Morgan fingerprint density at radius 3 is 2.35 bits per heavy atom. The minimum atomic E-state index is 0.392. The number of amides is 1. The van der Waals surface area contributed by atoms with Crippen LogP contribution in [0, 0.1) is 5.92 Å². The minimum absolute atomic E-state index is 0.392. The maximum absolute atomic E-state index is 12.1. The highest BCUT2D eigenvalue weighted by Gasteiger charge is 2.20. The predicted octanol–water partition coefficient (Wildman–Crippen LogP) is 2.12. The Kier molecular flexibility index (Phi) is 4.84. The molecule has 17 heavy (non-hydrogen) atoms. The smallest absolute Gasteiger partial charge is 0.222 e. The number of hydrogen-bond acceptors (Lipinski definition) is 2. The van der Waals surface area contributed by atoms with Crippen molar-refractivity contribution in [3.05, 3.63) is 0 Å². The van der Waals surface area contributed by atoms with Gasteiger partial charge in [-0.25, -0.2) is 0 Å². The summed E-state index contributed by atoms with van der Waals surface area (Å²) in [5.74, 6) is 1.23. The zero-order valence-corrected chi connectivity index (χ0v) is 11.2. The van der Waals surface area contributed by atoms with Crippen molar-refractivity contribution in [3.63, 3.8) is 0 Å². The first kappa shape index (κ1) is 12.9. The molecule has 0 spiro atoms. The van der Waals surface area contributed by atoms with Crippen LogP contribution in [-0.4, -0.2) is 48.9 Å². The topological polar surface area (TPSA) is 23.6 Å². The second-order valence-corrected chi connectivity index (χ2v) is 5.73. The normalized spacial score (nSPS) is 23.9. The van der Waals surface area contributed by atoms with Gasteiger partial charge in [0.15, 0.2) is 0 Å². The number of carbonyl (C=O) groups is 1. The Morgan fingerprint density at radius 2 is 1.71 bits per heavy atom. The maximum atomic E-state index is 12.1. The summed E-state index contributed by atoms with van der Waals surface area (Å²) in [6.45, 7) is 3.93. The second kappa shape index (κ2) is 6.39. The largest absolute Gasteiger partial charge is 0.340 e. The Hall–Kier alpha value is -0.570. The Balaban J connectivity index is 1.66. The molecule has 0 aromatic carbocycles. The van der Waals surface area contributed by atoms with Crippen molar-refractivity contribution < 1.29 is 4.79 Å². The Morgan fingerprint density at radius 1 is 1.06 bits per heavy atom. The summed E-state index contributed by atoms with van der Waals surface area (Å²) in [5.41, 5.74) is 0. The maximum Gasteiger partial charge on any atom is 0.222 e. The van der Waals surface area contributed by atoms with Crippen LogP contribution in [0.15, 0.2) is 0 Å². The average molecular weight is 238 g/mol. The van der Waals surface area contributed by atoms with E-state index in [9.17, 15) is 4.79 Å². The van der Waals surface area contributed by atoms with Crippen molar-refractivity contribution in [2.45, 2.75) is 44.9 Å². The third-order valence-corrected chi connectivity index (χ3v) is 4.35. The molecular formula is C14H26N2O. The summed E-state index contributed by atoms with van der Waals surface area (Å²) in [6.07, 6.45) is 8.80. The van der Waals surface area contributed by atoms with E-state index in [1.807, 2.05) is 0 Å². The van der Waals surface area contributed by atoms with Gasteiger partial charge in [-0.3, -0.25) is 4.79 Å². The lowest BCUT2D eigenvalue weighted by Gasteiger charge is -2.33. The first-order chi connectivity index (χ1) is 8.25. The van der Waals surface area contributed by atoms with E-state index in [-0.39, 0.29) is 0 Å². The molecule has 0 atom stereocenters. The fourth-order valence-corrected chi connectivity index (χ4v) is 3.02. The summed E-state index contributed by atoms with van der Waals surface area (Å²) in [4.78, 5) is 16.4. The zero-order chi connectivity index (χ0) is 12.1. The molecule has 1 amide bonds. The lowest BCUT2D eigenvalue weighted by molar-refractivity contribution is -0.133. The lowest BCUT2D eigenvalue weighted by atomic mass is 9.86. The fourth-order valence-electron chi connectivity index (χ4n) is 3.02. The van der Waals surface area contributed by atoms with Gasteiger partial charge in [-0.1, -0.05) is 32.1 Å². The minimum Gasteiger partial charge on any atom is -0.340 e. The van der Waals surface area contributed by atoms with E-state index in [4.69, 9.17) is 0 Å². The number of nitrogens with zero attached hydrogens (tertiary/aromatic N) is 2. The number of rotatable bonds is 3. The number of piperazine rings is 1. The molecule has 3 nitrogen and oxygen atoms in total. The molecule has 2 aliphatic rings. The number of hydrogen-bond donors (Lipinski definition) is 0. The third-order valence-electron chi connectivity index (χ3n) is 4.35. The molecule has 0 radical (unpaired) electrons. The van der Waals surface area contributed by atoms with Crippen LogP contribution in [0.1, 0.15) is 44.9 Å². The third kappa shape index (κ3) is 3.98. The van der Waals surface area contributed by atoms with Crippen LogP contribution >= 0.6 is 0 Å². The van der Waals surface area contributed by atoms with E-state index in [1.54, 1.807) is 0 Å². The number of likely N-dealkylation sites (N-methyl/N-ethyl adjacent to an activating group) is 1. The molecule has 0 unspecified atom stereocenters. The predicted molar refractivity (Wildman–Crippen MR) is 69.9 cm³/mol. The molecule has 0 bridgehead atoms. The summed E-state index contributed by atoms with van der Waals surface area (Å²) in [5, 5.41) is 0. The van der Waals surface area contributed by atoms with Crippen LogP contribution in [0.5, 0.6) is 0 Å². The van der Waals surface area contributed by atoms with Crippen molar-refractivity contribution in [1.82, 2.24) is 9.80 Å². The molecule has 0 aromatic rings. The molecule has 2 fully saturated rings. The number of carbonyl (C=O) groups excluding carboxylic acids is 1. The van der Waals surface area contributed by atoms with Gasteiger partial charge in [-0.05, 0) is 19.4 Å². The van der Waals surface area contributed by atoms with Gasteiger partial charge in [0.25, 0.3) is 0 Å². The van der Waals surface area contributed by atoms with Crippen LogP contribution in [0.3, 0.4) is 0 Å². The van der Waals surface area contributed by atoms with Crippen LogP contribution < -0.4 is 0 Å². The first-order valence-electron chi connectivity index (χ1n) is 7.22. The molecule has 0 aromatic heterocycles. The molecule has 1 saturated carbocycles. The molecule has 1 aliphatic heterocycles. The summed E-state index contributed by atoms with van der Waals surface area (Å²) < 4.78 is 0. The van der Waals surface area contributed by atoms with Gasteiger partial charge in [0.1, 0.15) is 0 Å². The van der Waals surface area contributed by atoms with Crippen LogP contribution in [0.4, 0.5) is 0 Å². The van der Waals surface area contributed by atoms with Gasteiger partial charge in [-0.2, -0.15) is 0 Å². The van der Waals surface area contributed by atoms with Crippen LogP contribution in [0.2, 0.25) is 0 Å². The van der Waals surface area contributed by atoms with Crippen LogP contribution in [-0.2, 0) is 4.79 Å². The average Bonchev–Trinajstić information content (AvgIpc) is 2.38.